The van der Waals surface area contributed by atoms with Crippen LogP contribution in [-0.4, -0.2) is 47.9 Å². The number of nitrogens with one attached hydrogen (secondary N) is 1. The molecule has 0 bridgehead atoms. The minimum Gasteiger partial charge on any atom is -0.479 e. The van der Waals surface area contributed by atoms with E-state index in [1.807, 2.05) is 30.6 Å². The van der Waals surface area contributed by atoms with Gasteiger partial charge in [0.2, 0.25) is 11.8 Å². The topological polar surface area (TPSA) is 108 Å². The van der Waals surface area contributed by atoms with Crippen molar-refractivity contribution in [3.63, 3.8) is 0 Å². The van der Waals surface area contributed by atoms with Crippen molar-refractivity contribution < 1.29 is 4.74 Å². The van der Waals surface area contributed by atoms with Crippen molar-refractivity contribution in [3.05, 3.63) is 36.9 Å². The highest BCUT2D eigenvalue weighted by Crippen LogP contribution is 2.33. The van der Waals surface area contributed by atoms with Crippen molar-refractivity contribution in [2.45, 2.75) is 31.3 Å². The Morgan fingerprint density at radius 3 is 2.89 bits per heavy atom. The highest BCUT2D eigenvalue weighted by molar-refractivity contribution is 5.84. The summed E-state index contributed by atoms with van der Waals surface area (Å²) in [5.74, 6) is 1.05. The quantitative estimate of drug-likeness (QED) is 0.568. The molecule has 4 aromatic rings. The first-order valence-corrected chi connectivity index (χ1v) is 8.81. The molecular weight excluding hydrogens is 344 g/mol. The van der Waals surface area contributed by atoms with E-state index in [0.29, 0.717) is 11.8 Å². The van der Waals surface area contributed by atoms with Crippen LogP contribution in [0.15, 0.2) is 36.9 Å². The molecule has 3 N–H and O–H groups in total. The summed E-state index contributed by atoms with van der Waals surface area (Å²) in [6, 6.07) is 6.21. The molecule has 1 saturated carbocycles. The van der Waals surface area contributed by atoms with Gasteiger partial charge in [0, 0.05) is 35.1 Å². The third kappa shape index (κ3) is 2.67. The van der Waals surface area contributed by atoms with Crippen LogP contribution in [-0.2, 0) is 0 Å². The van der Waals surface area contributed by atoms with Gasteiger partial charge in [-0.3, -0.25) is 0 Å². The summed E-state index contributed by atoms with van der Waals surface area (Å²) < 4.78 is 9.09. The number of nitrogens with zero attached hydrogens (tertiary/aromatic N) is 6. The number of ether oxygens (including phenoxy) is 1. The van der Waals surface area contributed by atoms with Gasteiger partial charge in [0.25, 0.3) is 0 Å². The number of rotatable bonds is 4. The molecule has 0 saturated heterocycles. The first-order valence-electron chi connectivity index (χ1n) is 8.81. The van der Waals surface area contributed by atoms with Gasteiger partial charge in [0.15, 0.2) is 5.65 Å². The Hall–Kier alpha value is -3.20. The maximum Gasteiger partial charge on any atom is 0.244 e. The van der Waals surface area contributed by atoms with E-state index in [1.165, 1.54) is 6.33 Å². The van der Waals surface area contributed by atoms with Crippen LogP contribution in [0.3, 0.4) is 0 Å². The van der Waals surface area contributed by atoms with Crippen LogP contribution in [0.4, 0.5) is 5.95 Å². The summed E-state index contributed by atoms with van der Waals surface area (Å²) in [4.78, 5) is 8.74. The summed E-state index contributed by atoms with van der Waals surface area (Å²) in [5.41, 5.74) is 9.53. The molecule has 0 unspecified atom stereocenters. The maximum absolute atomic E-state index is 6.09. The van der Waals surface area contributed by atoms with Crippen LogP contribution in [0.1, 0.15) is 19.8 Å². The van der Waals surface area contributed by atoms with Gasteiger partial charge < -0.3 is 15.8 Å². The number of hydrogen-bond acceptors (Lipinski definition) is 7. The fraction of sp³-hybridized carbons (Fsp3) is 0.333. The van der Waals surface area contributed by atoms with E-state index >= 15 is 0 Å². The van der Waals surface area contributed by atoms with E-state index in [-0.39, 0.29) is 11.6 Å². The van der Waals surface area contributed by atoms with Gasteiger partial charge in [-0.05, 0) is 38.0 Å². The molecule has 1 aliphatic carbocycles. The lowest BCUT2D eigenvalue weighted by Gasteiger charge is -2.42. The third-order valence-corrected chi connectivity index (χ3v) is 5.02. The molecular formula is C18H20N8O. The van der Waals surface area contributed by atoms with Gasteiger partial charge in [0.05, 0.1) is 7.11 Å². The molecule has 27 heavy (non-hydrogen) atoms. The molecule has 0 radical (unpaired) electrons. The normalized spacial score (nSPS) is 22.1. The fourth-order valence-corrected chi connectivity index (χ4v) is 3.76. The molecule has 1 fully saturated rings. The second-order valence-electron chi connectivity index (χ2n) is 7.35. The number of methoxy groups -OCH3 is 1. The van der Waals surface area contributed by atoms with Crippen molar-refractivity contribution in [1.82, 2.24) is 29.2 Å². The molecule has 0 aromatic carbocycles. The molecule has 5 rings (SSSR count). The van der Waals surface area contributed by atoms with E-state index in [4.69, 9.17) is 10.5 Å². The minimum absolute atomic E-state index is 0.105. The first-order chi connectivity index (χ1) is 13.0. The van der Waals surface area contributed by atoms with E-state index < -0.39 is 0 Å². The van der Waals surface area contributed by atoms with Crippen LogP contribution >= 0.6 is 0 Å². The smallest absolute Gasteiger partial charge is 0.244 e. The predicted octanol–water partition coefficient (Wildman–Crippen LogP) is 1.74. The second kappa shape index (κ2) is 5.65. The Kier molecular flexibility index (Phi) is 3.35. The zero-order chi connectivity index (χ0) is 18.6. The van der Waals surface area contributed by atoms with Gasteiger partial charge in [0.1, 0.15) is 11.8 Å². The molecule has 1 aliphatic rings. The second-order valence-corrected chi connectivity index (χ2v) is 7.35. The van der Waals surface area contributed by atoms with Crippen molar-refractivity contribution >= 4 is 17.1 Å². The summed E-state index contributed by atoms with van der Waals surface area (Å²) in [7, 11) is 1.61. The first kappa shape index (κ1) is 16.0. The lowest BCUT2D eigenvalue weighted by atomic mass is 9.75. The Morgan fingerprint density at radius 1 is 1.26 bits per heavy atom. The summed E-state index contributed by atoms with van der Waals surface area (Å²) in [6.07, 6.45) is 7.15. The predicted molar refractivity (Wildman–Crippen MR) is 101 cm³/mol. The highest BCUT2D eigenvalue weighted by atomic mass is 16.5. The van der Waals surface area contributed by atoms with E-state index in [2.05, 4.69) is 32.4 Å². The molecule has 0 aliphatic heterocycles. The summed E-state index contributed by atoms with van der Waals surface area (Å²) in [5, 5.41) is 12.1. The molecule has 9 heteroatoms. The highest BCUT2D eigenvalue weighted by Gasteiger charge is 2.37. The number of anilines is 1. The number of hydrogen-bond donors (Lipinski definition) is 2. The molecule has 4 heterocycles. The maximum atomic E-state index is 6.09. The van der Waals surface area contributed by atoms with E-state index in [9.17, 15) is 0 Å². The van der Waals surface area contributed by atoms with Crippen molar-refractivity contribution in [1.29, 1.82) is 0 Å². The Bertz CT molecular complexity index is 1140. The lowest BCUT2D eigenvalue weighted by Crippen LogP contribution is -2.54. The van der Waals surface area contributed by atoms with Gasteiger partial charge in [-0.25, -0.2) is 14.0 Å². The molecule has 9 nitrogen and oxygen atoms in total. The third-order valence-electron chi connectivity index (χ3n) is 5.02. The Labute approximate surface area is 155 Å². The Balaban J connectivity index is 1.55. The Morgan fingerprint density at radius 2 is 2.11 bits per heavy atom. The summed E-state index contributed by atoms with van der Waals surface area (Å²) >= 11 is 0. The molecule has 0 atom stereocenters. The SMILES string of the molecule is COc1nc(NC2CC(C)(N)C2)nn2ccc(-c3ccc4ncnn4c3)c12. The molecule has 4 aromatic heterocycles. The van der Waals surface area contributed by atoms with Gasteiger partial charge in [-0.1, -0.05) is 0 Å². The number of pyridine rings is 1. The zero-order valence-electron chi connectivity index (χ0n) is 15.1. The number of fused-ring (bicyclic) bond motifs is 2. The van der Waals surface area contributed by atoms with E-state index in [0.717, 1.165) is 35.1 Å². The largest absolute Gasteiger partial charge is 0.479 e. The fourth-order valence-electron chi connectivity index (χ4n) is 3.76. The summed E-state index contributed by atoms with van der Waals surface area (Å²) in [6.45, 7) is 2.06. The number of nitrogens with two attached hydrogens (primary N) is 1. The van der Waals surface area contributed by atoms with Crippen LogP contribution in [0.25, 0.3) is 22.3 Å². The molecule has 0 amide bonds. The monoisotopic (exact) mass is 364 g/mol. The standard InChI is InChI=1S/C18H20N8O/c1-18(19)7-12(8-18)22-17-23-16(27-2)15-13(5-6-25(15)24-17)11-3-4-14-20-10-21-26(14)9-11/h3-6,9-10,12H,7-8,19H2,1-2H3,(H,22,24). The van der Waals surface area contributed by atoms with Crippen molar-refractivity contribution in [2.24, 2.45) is 5.73 Å². The van der Waals surface area contributed by atoms with Crippen LogP contribution in [0.2, 0.25) is 0 Å². The van der Waals surface area contributed by atoms with Crippen molar-refractivity contribution in [3.8, 4) is 17.0 Å². The van der Waals surface area contributed by atoms with Crippen LogP contribution in [0.5, 0.6) is 5.88 Å². The average Bonchev–Trinajstić information content (AvgIpc) is 3.25. The van der Waals surface area contributed by atoms with E-state index in [1.54, 1.807) is 16.1 Å². The van der Waals surface area contributed by atoms with Gasteiger partial charge >= 0.3 is 0 Å². The molecule has 138 valence electrons. The minimum atomic E-state index is -0.105. The lowest BCUT2D eigenvalue weighted by molar-refractivity contribution is 0.247. The number of aromatic nitrogens is 6. The average molecular weight is 364 g/mol. The van der Waals surface area contributed by atoms with Crippen LogP contribution < -0.4 is 15.8 Å². The molecule has 0 spiro atoms. The van der Waals surface area contributed by atoms with Gasteiger partial charge in [-0.15, -0.1) is 5.10 Å². The van der Waals surface area contributed by atoms with Gasteiger partial charge in [-0.2, -0.15) is 10.1 Å². The van der Waals surface area contributed by atoms with Crippen molar-refractivity contribution in [2.75, 3.05) is 12.4 Å². The van der Waals surface area contributed by atoms with Crippen LogP contribution in [0, 0.1) is 0 Å². The zero-order valence-corrected chi connectivity index (χ0v) is 15.1.